The number of nitrogens with zero attached hydrogens (tertiary/aromatic N) is 6. The molecular formula is C24H23N6O2-. The molecule has 162 valence electrons. The first-order chi connectivity index (χ1) is 15.6. The maximum Gasteiger partial charge on any atom is 0.159 e. The largest absolute Gasteiger partial charge is 0.550 e. The molecule has 0 aliphatic heterocycles. The summed E-state index contributed by atoms with van der Waals surface area (Å²) < 4.78 is 3.65. The maximum atomic E-state index is 11.2. The number of carbonyl (C=O) groups excluding carboxylic acids is 1. The number of aryl methyl sites for hydroxylation is 1. The Bertz CT molecular complexity index is 1240. The smallest absolute Gasteiger partial charge is 0.159 e. The van der Waals surface area contributed by atoms with Crippen LogP contribution in [0.1, 0.15) is 31.7 Å². The van der Waals surface area contributed by atoms with Crippen molar-refractivity contribution >= 4 is 5.97 Å². The zero-order chi connectivity index (χ0) is 22.1. The molecule has 1 fully saturated rings. The van der Waals surface area contributed by atoms with Gasteiger partial charge < -0.3 is 9.90 Å². The number of benzene rings is 1. The monoisotopic (exact) mass is 427 g/mol. The van der Waals surface area contributed by atoms with Gasteiger partial charge in [-0.1, -0.05) is 24.6 Å². The Kier molecular flexibility index (Phi) is 5.26. The molecule has 4 aromatic rings. The van der Waals surface area contributed by atoms with E-state index in [1.165, 1.54) is 0 Å². The Balaban J connectivity index is 1.34. The fourth-order valence-corrected chi connectivity index (χ4v) is 4.34. The summed E-state index contributed by atoms with van der Waals surface area (Å²) >= 11 is 0. The molecule has 8 heteroatoms. The van der Waals surface area contributed by atoms with E-state index < -0.39 is 11.9 Å². The van der Waals surface area contributed by atoms with Crippen LogP contribution < -0.4 is 5.11 Å². The molecule has 0 radical (unpaired) electrons. The summed E-state index contributed by atoms with van der Waals surface area (Å²) in [5.74, 6) is -0.707. The summed E-state index contributed by atoms with van der Waals surface area (Å²) in [5.41, 5.74) is 4.82. The molecule has 2 atom stereocenters. The van der Waals surface area contributed by atoms with E-state index in [2.05, 4.69) is 26.2 Å². The van der Waals surface area contributed by atoms with Gasteiger partial charge in [-0.2, -0.15) is 10.2 Å². The molecule has 5 rings (SSSR count). The van der Waals surface area contributed by atoms with Crippen molar-refractivity contribution in [2.75, 3.05) is 0 Å². The van der Waals surface area contributed by atoms with Crippen LogP contribution in [0, 0.1) is 5.92 Å². The van der Waals surface area contributed by atoms with Gasteiger partial charge in [0, 0.05) is 66.0 Å². The summed E-state index contributed by atoms with van der Waals surface area (Å²) in [5, 5.41) is 20.0. The Morgan fingerprint density at radius 1 is 0.938 bits per heavy atom. The lowest BCUT2D eigenvalue weighted by atomic mass is 9.86. The Labute approximate surface area is 185 Å². The molecular weight excluding hydrogens is 404 g/mol. The van der Waals surface area contributed by atoms with E-state index in [0.29, 0.717) is 18.7 Å². The first kappa shape index (κ1) is 20.1. The van der Waals surface area contributed by atoms with Gasteiger partial charge in [0.05, 0.1) is 18.4 Å². The van der Waals surface area contributed by atoms with Crippen molar-refractivity contribution in [3.05, 3.63) is 61.4 Å². The minimum absolute atomic E-state index is 0.0795. The first-order valence-corrected chi connectivity index (χ1v) is 10.7. The zero-order valence-electron chi connectivity index (χ0n) is 17.8. The number of carboxylic acids is 1. The van der Waals surface area contributed by atoms with Crippen LogP contribution in [0.15, 0.2) is 61.4 Å². The van der Waals surface area contributed by atoms with Crippen LogP contribution in [-0.2, 0) is 11.8 Å². The quantitative estimate of drug-likeness (QED) is 0.485. The van der Waals surface area contributed by atoms with Crippen LogP contribution in [0.3, 0.4) is 0 Å². The standard InChI is InChI=1S/C24H24N6O2/c1-29-14-20(12-27-29)16-4-2-5-17(8-16)23-25-10-19(11-26-23)21-13-28-30(15-21)22-7-3-6-18(9-22)24(31)32/h2,4-5,8,10-15,18,22H,3,6-7,9H2,1H3,(H,31,32)/p-1. The van der Waals surface area contributed by atoms with E-state index in [1.807, 2.05) is 48.5 Å². The summed E-state index contributed by atoms with van der Waals surface area (Å²) in [4.78, 5) is 20.4. The van der Waals surface area contributed by atoms with Crippen LogP contribution in [-0.4, -0.2) is 35.5 Å². The molecule has 8 nitrogen and oxygen atoms in total. The van der Waals surface area contributed by atoms with Gasteiger partial charge in [0.15, 0.2) is 5.82 Å². The van der Waals surface area contributed by atoms with Crippen molar-refractivity contribution in [1.82, 2.24) is 29.5 Å². The minimum Gasteiger partial charge on any atom is -0.550 e. The lowest BCUT2D eigenvalue weighted by molar-refractivity contribution is -0.312. The second kappa shape index (κ2) is 8.37. The van der Waals surface area contributed by atoms with Gasteiger partial charge in [-0.3, -0.25) is 9.36 Å². The number of carboxylic acid groups (broad SMARTS) is 1. The lowest BCUT2D eigenvalue weighted by Crippen LogP contribution is -2.35. The van der Waals surface area contributed by atoms with Crippen molar-refractivity contribution < 1.29 is 9.90 Å². The fraction of sp³-hybridized carbons (Fsp3) is 0.292. The van der Waals surface area contributed by atoms with E-state index in [0.717, 1.165) is 40.7 Å². The molecule has 32 heavy (non-hydrogen) atoms. The molecule has 1 aliphatic rings. The lowest BCUT2D eigenvalue weighted by Gasteiger charge is -2.29. The highest BCUT2D eigenvalue weighted by molar-refractivity contribution is 5.70. The Hall–Kier alpha value is -3.81. The van der Waals surface area contributed by atoms with Crippen LogP contribution >= 0.6 is 0 Å². The molecule has 0 spiro atoms. The summed E-state index contributed by atoms with van der Waals surface area (Å²) in [6.07, 6.45) is 14.2. The molecule has 0 amide bonds. The predicted octanol–water partition coefficient (Wildman–Crippen LogP) is 2.89. The number of aromatic nitrogens is 6. The van der Waals surface area contributed by atoms with Crippen molar-refractivity contribution in [2.24, 2.45) is 13.0 Å². The van der Waals surface area contributed by atoms with Crippen LogP contribution in [0.4, 0.5) is 0 Å². The van der Waals surface area contributed by atoms with Gasteiger partial charge in [0.2, 0.25) is 0 Å². The van der Waals surface area contributed by atoms with E-state index in [4.69, 9.17) is 0 Å². The van der Waals surface area contributed by atoms with E-state index in [9.17, 15) is 9.90 Å². The van der Waals surface area contributed by atoms with Gasteiger partial charge in [-0.15, -0.1) is 0 Å². The molecule has 0 saturated heterocycles. The number of rotatable bonds is 5. The van der Waals surface area contributed by atoms with Gasteiger partial charge >= 0.3 is 0 Å². The van der Waals surface area contributed by atoms with Crippen LogP contribution in [0.25, 0.3) is 33.6 Å². The van der Waals surface area contributed by atoms with Gasteiger partial charge in [0.1, 0.15) is 0 Å². The fourth-order valence-electron chi connectivity index (χ4n) is 4.34. The normalized spacial score (nSPS) is 18.5. The Morgan fingerprint density at radius 3 is 2.44 bits per heavy atom. The van der Waals surface area contributed by atoms with Crippen molar-refractivity contribution in [2.45, 2.75) is 31.7 Å². The first-order valence-electron chi connectivity index (χ1n) is 10.7. The highest BCUT2D eigenvalue weighted by Gasteiger charge is 2.24. The second-order valence-electron chi connectivity index (χ2n) is 8.32. The average Bonchev–Trinajstić information content (AvgIpc) is 3.49. The second-order valence-corrected chi connectivity index (χ2v) is 8.32. The van der Waals surface area contributed by atoms with E-state index in [1.54, 1.807) is 23.3 Å². The molecule has 0 N–H and O–H groups in total. The highest BCUT2D eigenvalue weighted by atomic mass is 16.4. The molecule has 2 unspecified atom stereocenters. The molecule has 1 aromatic carbocycles. The van der Waals surface area contributed by atoms with Crippen molar-refractivity contribution in [1.29, 1.82) is 0 Å². The summed E-state index contributed by atoms with van der Waals surface area (Å²) in [6, 6.07) is 8.16. The minimum atomic E-state index is -0.960. The molecule has 1 aliphatic carbocycles. The molecule has 3 heterocycles. The average molecular weight is 427 g/mol. The third-order valence-corrected chi connectivity index (χ3v) is 6.10. The van der Waals surface area contributed by atoms with Crippen molar-refractivity contribution in [3.63, 3.8) is 0 Å². The SMILES string of the molecule is Cn1cc(-c2cccc(-c3ncc(-c4cnn(C5CCCC(C(=O)[O-])C5)c4)cn3)c2)cn1. The molecule has 3 aromatic heterocycles. The van der Waals surface area contributed by atoms with Crippen LogP contribution in [0.2, 0.25) is 0 Å². The third kappa shape index (κ3) is 4.03. The Morgan fingerprint density at radius 2 is 1.69 bits per heavy atom. The molecule has 0 bridgehead atoms. The third-order valence-electron chi connectivity index (χ3n) is 6.10. The number of aliphatic carboxylic acids is 1. The summed E-state index contributed by atoms with van der Waals surface area (Å²) in [7, 11) is 1.90. The number of hydrogen-bond acceptors (Lipinski definition) is 6. The molecule has 1 saturated carbocycles. The number of hydrogen-bond donors (Lipinski definition) is 0. The predicted molar refractivity (Wildman–Crippen MR) is 117 cm³/mol. The van der Waals surface area contributed by atoms with Gasteiger partial charge in [-0.25, -0.2) is 9.97 Å². The zero-order valence-corrected chi connectivity index (χ0v) is 17.8. The van der Waals surface area contributed by atoms with E-state index >= 15 is 0 Å². The highest BCUT2D eigenvalue weighted by Crippen LogP contribution is 2.33. The van der Waals surface area contributed by atoms with E-state index in [-0.39, 0.29) is 6.04 Å². The van der Waals surface area contributed by atoms with Crippen molar-refractivity contribution in [3.8, 4) is 33.6 Å². The van der Waals surface area contributed by atoms with Gasteiger partial charge in [0.25, 0.3) is 0 Å². The number of carbonyl (C=O) groups is 1. The maximum absolute atomic E-state index is 11.2. The van der Waals surface area contributed by atoms with Crippen LogP contribution in [0.5, 0.6) is 0 Å². The topological polar surface area (TPSA) is 102 Å². The van der Waals surface area contributed by atoms with Gasteiger partial charge in [-0.05, 0) is 30.9 Å². The summed E-state index contributed by atoms with van der Waals surface area (Å²) in [6.45, 7) is 0.